The van der Waals surface area contributed by atoms with Gasteiger partial charge in [0, 0.05) is 37.5 Å². The number of aryl methyl sites for hydroxylation is 3. The maximum atomic E-state index is 13.4. The van der Waals surface area contributed by atoms with E-state index in [1.807, 2.05) is 32.0 Å². The summed E-state index contributed by atoms with van der Waals surface area (Å²) in [6.45, 7) is 4.68. The van der Waals surface area contributed by atoms with Crippen LogP contribution in [-0.4, -0.2) is 44.4 Å². The first-order valence-corrected chi connectivity index (χ1v) is 10.4. The van der Waals surface area contributed by atoms with Crippen molar-refractivity contribution in [3.63, 3.8) is 0 Å². The molecule has 0 spiro atoms. The SMILES string of the molecule is COCc1cc(C)[nH]c(=O)c1CN1CCc2ccc(-c3c(C)nnn3C)c(Cl)c2C1=O. The highest BCUT2D eigenvalue weighted by atomic mass is 35.5. The van der Waals surface area contributed by atoms with E-state index in [0.717, 1.165) is 28.2 Å². The molecule has 0 saturated carbocycles. The van der Waals surface area contributed by atoms with Crippen LogP contribution in [0.5, 0.6) is 0 Å². The number of rotatable bonds is 5. The van der Waals surface area contributed by atoms with E-state index in [1.165, 1.54) is 0 Å². The van der Waals surface area contributed by atoms with Crippen LogP contribution in [0.15, 0.2) is 23.0 Å². The normalized spacial score (nSPS) is 13.6. The van der Waals surface area contributed by atoms with Crippen molar-refractivity contribution in [3.8, 4) is 11.3 Å². The van der Waals surface area contributed by atoms with Crippen molar-refractivity contribution in [1.82, 2.24) is 24.9 Å². The number of halogens is 1. The van der Waals surface area contributed by atoms with Crippen LogP contribution in [0.4, 0.5) is 0 Å². The number of aromatic amines is 1. The largest absolute Gasteiger partial charge is 0.380 e. The Morgan fingerprint density at radius 1 is 1.26 bits per heavy atom. The highest BCUT2D eigenvalue weighted by molar-refractivity contribution is 6.36. The molecule has 0 saturated heterocycles. The second-order valence-electron chi connectivity index (χ2n) is 7.80. The van der Waals surface area contributed by atoms with Gasteiger partial charge in [0.05, 0.1) is 35.1 Å². The number of aromatic nitrogens is 4. The number of carbonyl (C=O) groups is 1. The molecule has 8 nitrogen and oxygen atoms in total. The van der Waals surface area contributed by atoms with E-state index in [-0.39, 0.29) is 18.0 Å². The number of hydrogen-bond donors (Lipinski definition) is 1. The minimum atomic E-state index is -0.206. The van der Waals surface area contributed by atoms with Crippen molar-refractivity contribution in [2.75, 3.05) is 13.7 Å². The van der Waals surface area contributed by atoms with Crippen molar-refractivity contribution in [1.29, 1.82) is 0 Å². The lowest BCUT2D eigenvalue weighted by molar-refractivity contribution is 0.0725. The fourth-order valence-electron chi connectivity index (χ4n) is 4.17. The summed E-state index contributed by atoms with van der Waals surface area (Å²) in [7, 11) is 3.37. The van der Waals surface area contributed by atoms with Crippen LogP contribution in [0.2, 0.25) is 5.02 Å². The van der Waals surface area contributed by atoms with E-state index < -0.39 is 0 Å². The quantitative estimate of drug-likeness (QED) is 0.657. The summed E-state index contributed by atoms with van der Waals surface area (Å²) in [6, 6.07) is 5.73. The number of pyridine rings is 1. The van der Waals surface area contributed by atoms with E-state index in [0.29, 0.717) is 41.3 Å². The molecule has 1 aromatic carbocycles. The second kappa shape index (κ2) is 8.28. The summed E-state index contributed by atoms with van der Waals surface area (Å²) < 4.78 is 6.91. The molecule has 0 bridgehead atoms. The molecule has 0 atom stereocenters. The van der Waals surface area contributed by atoms with Gasteiger partial charge in [-0.1, -0.05) is 28.9 Å². The van der Waals surface area contributed by atoms with Gasteiger partial charge in [0.15, 0.2) is 0 Å². The van der Waals surface area contributed by atoms with Crippen LogP contribution >= 0.6 is 11.6 Å². The average Bonchev–Trinajstić information content (AvgIpc) is 3.05. The molecule has 0 unspecified atom stereocenters. The Hall–Kier alpha value is -2.97. The van der Waals surface area contributed by atoms with E-state index >= 15 is 0 Å². The summed E-state index contributed by atoms with van der Waals surface area (Å²) in [5.41, 5.74) is 5.46. The first-order chi connectivity index (χ1) is 14.8. The predicted octanol–water partition coefficient (Wildman–Crippen LogP) is 2.79. The average molecular weight is 442 g/mol. The molecule has 4 rings (SSSR count). The lowest BCUT2D eigenvalue weighted by atomic mass is 9.94. The second-order valence-corrected chi connectivity index (χ2v) is 8.18. The lowest BCUT2D eigenvalue weighted by Gasteiger charge is -2.30. The van der Waals surface area contributed by atoms with Crippen molar-refractivity contribution < 1.29 is 9.53 Å². The highest BCUT2D eigenvalue weighted by Crippen LogP contribution is 2.36. The number of hydrogen-bond acceptors (Lipinski definition) is 5. The number of carbonyl (C=O) groups excluding carboxylic acids is 1. The molecular formula is C22H24ClN5O3. The number of ether oxygens (including phenoxy) is 1. The van der Waals surface area contributed by atoms with Gasteiger partial charge in [0.2, 0.25) is 0 Å². The molecule has 31 heavy (non-hydrogen) atoms. The molecule has 1 amide bonds. The van der Waals surface area contributed by atoms with Crippen molar-refractivity contribution in [2.24, 2.45) is 7.05 Å². The van der Waals surface area contributed by atoms with Gasteiger partial charge in [0.1, 0.15) is 0 Å². The molecule has 1 aliphatic heterocycles. The van der Waals surface area contributed by atoms with Crippen molar-refractivity contribution >= 4 is 17.5 Å². The molecule has 3 heterocycles. The Kier molecular flexibility index (Phi) is 5.68. The zero-order chi connectivity index (χ0) is 22.3. The van der Waals surface area contributed by atoms with Gasteiger partial charge in [-0.05, 0) is 37.5 Å². The summed E-state index contributed by atoms with van der Waals surface area (Å²) in [4.78, 5) is 30.6. The Labute approximate surface area is 184 Å². The maximum Gasteiger partial charge on any atom is 0.255 e. The number of fused-ring (bicyclic) bond motifs is 1. The molecule has 1 N–H and O–H groups in total. The minimum absolute atomic E-state index is 0.191. The highest BCUT2D eigenvalue weighted by Gasteiger charge is 2.30. The van der Waals surface area contributed by atoms with Gasteiger partial charge in [-0.3, -0.25) is 9.59 Å². The van der Waals surface area contributed by atoms with Gasteiger partial charge < -0.3 is 14.6 Å². The topological polar surface area (TPSA) is 93.1 Å². The number of H-pyrrole nitrogens is 1. The van der Waals surface area contributed by atoms with E-state index in [1.54, 1.807) is 23.7 Å². The number of nitrogens with zero attached hydrogens (tertiary/aromatic N) is 4. The first kappa shape index (κ1) is 21.3. The van der Waals surface area contributed by atoms with Crippen LogP contribution in [-0.2, 0) is 31.4 Å². The van der Waals surface area contributed by atoms with E-state index in [4.69, 9.17) is 16.3 Å². The third-order valence-corrected chi connectivity index (χ3v) is 6.04. The third kappa shape index (κ3) is 3.77. The van der Waals surface area contributed by atoms with Crippen LogP contribution in [0.25, 0.3) is 11.3 Å². The molecule has 162 valence electrons. The number of benzene rings is 1. The Balaban J connectivity index is 1.73. The summed E-state index contributed by atoms with van der Waals surface area (Å²) in [6.07, 6.45) is 0.660. The number of amides is 1. The van der Waals surface area contributed by atoms with Gasteiger partial charge in [0.25, 0.3) is 11.5 Å². The fourth-order valence-corrected chi connectivity index (χ4v) is 4.52. The first-order valence-electron chi connectivity index (χ1n) is 9.99. The van der Waals surface area contributed by atoms with Crippen molar-refractivity contribution in [3.05, 3.63) is 67.2 Å². The van der Waals surface area contributed by atoms with Gasteiger partial charge in [-0.15, -0.1) is 5.10 Å². The van der Waals surface area contributed by atoms with Crippen LogP contribution < -0.4 is 5.56 Å². The summed E-state index contributed by atoms with van der Waals surface area (Å²) in [5.74, 6) is -0.191. The molecule has 3 aromatic rings. The molecule has 0 radical (unpaired) electrons. The lowest BCUT2D eigenvalue weighted by Crippen LogP contribution is -2.39. The number of nitrogens with one attached hydrogen (secondary N) is 1. The molecular weight excluding hydrogens is 418 g/mol. The van der Waals surface area contributed by atoms with Crippen molar-refractivity contribution in [2.45, 2.75) is 33.4 Å². The van der Waals surface area contributed by atoms with Gasteiger partial charge in [-0.2, -0.15) is 0 Å². The maximum absolute atomic E-state index is 13.4. The van der Waals surface area contributed by atoms with Crippen LogP contribution in [0, 0.1) is 13.8 Å². The van der Waals surface area contributed by atoms with Crippen LogP contribution in [0.1, 0.15) is 38.4 Å². The zero-order valence-corrected chi connectivity index (χ0v) is 18.7. The molecule has 2 aromatic heterocycles. The standard InChI is InChI=1S/C22H24ClN5O3/c1-12-9-15(11-31-4)17(21(29)24-12)10-28-8-7-14-5-6-16(19(23)18(14)22(28)30)20-13(2)25-26-27(20)3/h5-6,9H,7-8,10-11H2,1-4H3,(H,24,29). The fraction of sp³-hybridized carbons (Fsp3) is 0.364. The predicted molar refractivity (Wildman–Crippen MR) is 117 cm³/mol. The minimum Gasteiger partial charge on any atom is -0.380 e. The van der Waals surface area contributed by atoms with Gasteiger partial charge >= 0.3 is 0 Å². The van der Waals surface area contributed by atoms with E-state index in [2.05, 4.69) is 15.3 Å². The number of methoxy groups -OCH3 is 1. The molecule has 0 fully saturated rings. The Morgan fingerprint density at radius 3 is 2.71 bits per heavy atom. The smallest absolute Gasteiger partial charge is 0.255 e. The van der Waals surface area contributed by atoms with Gasteiger partial charge in [-0.25, -0.2) is 4.68 Å². The van der Waals surface area contributed by atoms with E-state index in [9.17, 15) is 9.59 Å². The Bertz CT molecular complexity index is 1210. The molecule has 1 aliphatic rings. The third-order valence-electron chi connectivity index (χ3n) is 5.64. The molecule has 0 aliphatic carbocycles. The zero-order valence-electron chi connectivity index (χ0n) is 18.0. The monoisotopic (exact) mass is 441 g/mol. The Morgan fingerprint density at radius 2 is 2.03 bits per heavy atom. The summed E-state index contributed by atoms with van der Waals surface area (Å²) >= 11 is 6.75. The summed E-state index contributed by atoms with van der Waals surface area (Å²) in [5, 5.41) is 8.52. The van der Waals surface area contributed by atoms with Crippen LogP contribution in [0.3, 0.4) is 0 Å². The molecule has 9 heteroatoms.